The number of oxime groups is 1. The van der Waals surface area contributed by atoms with Crippen LogP contribution in [-0.4, -0.2) is 16.1 Å². The largest absolute Gasteiger partial charge is 0.411 e. The molecule has 0 spiro atoms. The van der Waals surface area contributed by atoms with Crippen molar-refractivity contribution >= 4 is 5.71 Å². The average molecular weight is 199 g/mol. The van der Waals surface area contributed by atoms with Crippen molar-refractivity contribution in [1.29, 1.82) is 0 Å². The van der Waals surface area contributed by atoms with Crippen LogP contribution in [0, 0.1) is 10.6 Å². The zero-order chi connectivity index (χ0) is 12.1. The van der Waals surface area contributed by atoms with E-state index in [0.717, 1.165) is 0 Å². The van der Waals surface area contributed by atoms with E-state index in [1.807, 2.05) is 0 Å². The van der Waals surface area contributed by atoms with E-state index in [1.165, 1.54) is 0 Å². The zero-order valence-electron chi connectivity index (χ0n) is 9.81. The van der Waals surface area contributed by atoms with Crippen molar-refractivity contribution in [3.8, 4) is 0 Å². The lowest BCUT2D eigenvalue weighted by Gasteiger charge is -2.25. The van der Waals surface area contributed by atoms with Crippen molar-refractivity contribution < 1.29 is 17.5 Å². The molecule has 1 aromatic rings. The van der Waals surface area contributed by atoms with Crippen LogP contribution >= 0.6 is 0 Å². The van der Waals surface area contributed by atoms with Crippen molar-refractivity contribution in [2.24, 2.45) is 10.6 Å². The van der Waals surface area contributed by atoms with Crippen LogP contribution in [0.1, 0.15) is 34.3 Å². The molecule has 0 saturated heterocycles. The van der Waals surface area contributed by atoms with E-state index in [1.54, 1.807) is 13.8 Å². The molecule has 1 aliphatic carbocycles. The Morgan fingerprint density at radius 3 is 3.14 bits per heavy atom. The molecule has 0 fully saturated rings. The molecule has 2 rings (SSSR count). The highest BCUT2D eigenvalue weighted by molar-refractivity contribution is 6.00. The molecule has 0 amide bonds. The van der Waals surface area contributed by atoms with Gasteiger partial charge in [-0.2, -0.15) is 0 Å². The Morgan fingerprint density at radius 1 is 1.79 bits per heavy atom. The fraction of sp³-hybridized carbons (Fsp3) is 0.625. The molecular formula is C8H11N3O3. The number of hydrogen-bond donors (Lipinski definition) is 1. The van der Waals surface area contributed by atoms with Crippen LogP contribution in [0.25, 0.3) is 0 Å². The van der Waals surface area contributed by atoms with Crippen LogP contribution in [0.4, 0.5) is 0 Å². The lowest BCUT2D eigenvalue weighted by molar-refractivity contribution is -0.808. The average Bonchev–Trinajstić information content (AvgIpc) is 2.49. The number of hydrogen-bond acceptors (Lipinski definition) is 5. The highest BCUT2D eigenvalue weighted by Gasteiger charge is 2.38. The molecule has 0 saturated carbocycles. The molecule has 1 aromatic heterocycles. The highest BCUT2D eigenvalue weighted by atomic mass is 16.8. The summed E-state index contributed by atoms with van der Waals surface area (Å²) in [6.07, 6.45) is -1.71. The summed E-state index contributed by atoms with van der Waals surface area (Å²) < 4.78 is 20.2. The Bertz CT molecular complexity index is 467. The van der Waals surface area contributed by atoms with Gasteiger partial charge >= 0.3 is 0 Å². The fourth-order valence-corrected chi connectivity index (χ4v) is 1.51. The van der Waals surface area contributed by atoms with E-state index >= 15 is 0 Å². The molecular weight excluding hydrogens is 186 g/mol. The minimum Gasteiger partial charge on any atom is -0.411 e. The molecule has 6 nitrogen and oxygen atoms in total. The molecule has 0 unspecified atom stereocenters. The van der Waals surface area contributed by atoms with E-state index in [-0.39, 0.29) is 28.4 Å². The predicted octanol–water partition coefficient (Wildman–Crippen LogP) is 0.459. The van der Waals surface area contributed by atoms with Gasteiger partial charge in [0, 0.05) is 20.7 Å². The summed E-state index contributed by atoms with van der Waals surface area (Å²) in [5.74, 6) is 0. The second kappa shape index (κ2) is 2.70. The third kappa shape index (κ3) is 1.23. The van der Waals surface area contributed by atoms with E-state index in [0.29, 0.717) is 0 Å². The van der Waals surface area contributed by atoms with Gasteiger partial charge in [0.25, 0.3) is 5.69 Å². The quantitative estimate of drug-likeness (QED) is 0.373. The summed E-state index contributed by atoms with van der Waals surface area (Å²) in [5, 5.41) is 26.5. The Kier molecular flexibility index (Phi) is 1.31. The normalized spacial score (nSPS) is 28.0. The maximum Gasteiger partial charge on any atom is 0.268 e. The topological polar surface area (TPSA) is 85.6 Å². The van der Waals surface area contributed by atoms with Crippen LogP contribution in [-0.2, 0) is 6.42 Å². The minimum absolute atomic E-state index is 0.0122. The molecule has 0 atom stereocenters. The Labute approximate surface area is 83.2 Å². The van der Waals surface area contributed by atoms with Gasteiger partial charge in [0.05, 0.1) is 0 Å². The van der Waals surface area contributed by atoms with Crippen LogP contribution < -0.4 is 4.90 Å². The summed E-state index contributed by atoms with van der Waals surface area (Å²) in [6, 6.07) is 0. The number of rotatable bonds is 0. The second-order valence-corrected chi connectivity index (χ2v) is 3.86. The van der Waals surface area contributed by atoms with Gasteiger partial charge in [0.15, 0.2) is 0 Å². The van der Waals surface area contributed by atoms with Crippen LogP contribution in [0.2, 0.25) is 0 Å². The summed E-state index contributed by atoms with van der Waals surface area (Å²) in [6.45, 7) is 3.29. The Balaban J connectivity index is 2.69. The third-order valence-corrected chi connectivity index (χ3v) is 2.09. The molecule has 1 N–H and O–H groups in total. The third-order valence-electron chi connectivity index (χ3n) is 2.09. The van der Waals surface area contributed by atoms with Gasteiger partial charge in [-0.25, -0.2) is 0 Å². The lowest BCUT2D eigenvalue weighted by Crippen LogP contribution is -2.37. The maximum atomic E-state index is 11.3. The predicted molar refractivity (Wildman–Crippen MR) is 45.9 cm³/mol. The fourth-order valence-electron chi connectivity index (χ4n) is 1.51. The number of aromatic nitrogens is 2. The Hall–Kier alpha value is -1.59. The van der Waals surface area contributed by atoms with Crippen molar-refractivity contribution in [3.05, 3.63) is 16.6 Å². The van der Waals surface area contributed by atoms with Gasteiger partial charge in [0.2, 0.25) is 5.69 Å². The first kappa shape index (κ1) is 6.80. The molecule has 0 aromatic carbocycles. The SMILES string of the molecule is [2H]C1([2H])/C(=N\O)c2no[n+]([O-])c2CC1(C)C. The standard InChI is InChI=1S/C8H11N3O3/c1-8(2)3-5(9-12)7-6(4-8)11(13)14-10-7/h12H,3-4H2,1-2H3/b9-5+/i3D2. The molecule has 0 aliphatic heterocycles. The smallest absolute Gasteiger partial charge is 0.268 e. The number of fused-ring (bicyclic) bond motifs is 1. The maximum absolute atomic E-state index is 11.3. The van der Waals surface area contributed by atoms with Gasteiger partial charge < -0.3 is 10.4 Å². The summed E-state index contributed by atoms with van der Waals surface area (Å²) in [5.41, 5.74) is -0.967. The molecule has 0 bridgehead atoms. The van der Waals surface area contributed by atoms with E-state index < -0.39 is 11.8 Å². The summed E-state index contributed by atoms with van der Waals surface area (Å²) in [4.78, 5) is 0.220. The zero-order valence-corrected chi connectivity index (χ0v) is 7.81. The van der Waals surface area contributed by atoms with Gasteiger partial charge in [-0.1, -0.05) is 19.0 Å². The van der Waals surface area contributed by atoms with E-state index in [2.05, 4.69) is 14.9 Å². The first-order chi connectivity index (χ1) is 7.31. The molecule has 1 aliphatic rings. The monoisotopic (exact) mass is 199 g/mol. The van der Waals surface area contributed by atoms with E-state index in [9.17, 15) is 5.21 Å². The van der Waals surface area contributed by atoms with E-state index in [4.69, 9.17) is 7.95 Å². The molecule has 1 heterocycles. The van der Waals surface area contributed by atoms with Crippen molar-refractivity contribution in [2.75, 3.05) is 0 Å². The van der Waals surface area contributed by atoms with Crippen molar-refractivity contribution in [2.45, 2.75) is 26.6 Å². The van der Waals surface area contributed by atoms with Gasteiger partial charge in [0.1, 0.15) is 5.71 Å². The molecule has 76 valence electrons. The van der Waals surface area contributed by atoms with Gasteiger partial charge in [-0.05, 0) is 10.3 Å². The van der Waals surface area contributed by atoms with Gasteiger partial charge in [-0.3, -0.25) is 4.63 Å². The van der Waals surface area contributed by atoms with Crippen LogP contribution in [0.5, 0.6) is 0 Å². The molecule has 6 heteroatoms. The summed E-state index contributed by atoms with van der Waals surface area (Å²) in [7, 11) is 0. The minimum atomic E-state index is -1.88. The van der Waals surface area contributed by atoms with Crippen molar-refractivity contribution in [1.82, 2.24) is 5.16 Å². The number of nitrogens with zero attached hydrogens (tertiary/aromatic N) is 3. The first-order valence-corrected chi connectivity index (χ1v) is 4.13. The summed E-state index contributed by atoms with van der Waals surface area (Å²) >= 11 is 0. The highest BCUT2D eigenvalue weighted by Crippen LogP contribution is 2.32. The van der Waals surface area contributed by atoms with Crippen LogP contribution in [0.15, 0.2) is 9.78 Å². The first-order valence-electron chi connectivity index (χ1n) is 5.13. The van der Waals surface area contributed by atoms with Crippen LogP contribution in [0.3, 0.4) is 0 Å². The van der Waals surface area contributed by atoms with Crippen molar-refractivity contribution in [3.63, 3.8) is 0 Å². The van der Waals surface area contributed by atoms with Gasteiger partial charge in [-0.15, -0.1) is 0 Å². The lowest BCUT2D eigenvalue weighted by atomic mass is 9.77. The molecule has 14 heavy (non-hydrogen) atoms. The Morgan fingerprint density at radius 2 is 2.50 bits per heavy atom. The molecule has 0 radical (unpaired) electrons. The second-order valence-electron chi connectivity index (χ2n) is 3.86.